The summed E-state index contributed by atoms with van der Waals surface area (Å²) in [6.45, 7) is 1.51. The van der Waals surface area contributed by atoms with Crippen molar-refractivity contribution in [2.75, 3.05) is 23.7 Å². The first kappa shape index (κ1) is 22.4. The van der Waals surface area contributed by atoms with Crippen molar-refractivity contribution in [2.24, 2.45) is 0 Å². The van der Waals surface area contributed by atoms with Crippen LogP contribution in [-0.2, 0) is 19.4 Å². The van der Waals surface area contributed by atoms with Crippen molar-refractivity contribution in [1.82, 2.24) is 24.8 Å². The van der Waals surface area contributed by atoms with E-state index < -0.39 is 5.95 Å². The lowest BCUT2D eigenvalue weighted by Crippen LogP contribution is -2.39. The monoisotopic (exact) mass is 469 g/mol. The van der Waals surface area contributed by atoms with E-state index in [0.29, 0.717) is 49.7 Å². The van der Waals surface area contributed by atoms with Crippen molar-refractivity contribution in [1.29, 1.82) is 0 Å². The zero-order valence-corrected chi connectivity index (χ0v) is 19.0. The van der Waals surface area contributed by atoms with E-state index in [1.165, 1.54) is 12.3 Å². The molecule has 0 fully saturated rings. The Morgan fingerprint density at radius 1 is 1.00 bits per heavy atom. The average Bonchev–Trinajstić information content (AvgIpc) is 2.90. The Bertz CT molecular complexity index is 1300. The summed E-state index contributed by atoms with van der Waals surface area (Å²) >= 11 is 0. The second-order valence-corrected chi connectivity index (χ2v) is 8.16. The maximum absolute atomic E-state index is 13.3. The highest BCUT2D eigenvalue weighted by molar-refractivity contribution is 5.89. The van der Waals surface area contributed by atoms with Gasteiger partial charge in [-0.05, 0) is 36.4 Å². The summed E-state index contributed by atoms with van der Waals surface area (Å²) in [5, 5.41) is 6.35. The van der Waals surface area contributed by atoms with Crippen LogP contribution in [0.15, 0.2) is 73.1 Å². The molecule has 0 aliphatic carbocycles. The molecule has 1 aromatic carbocycles. The fraction of sp³-hybridized carbons (Fsp3) is 0.192. The van der Waals surface area contributed by atoms with Crippen LogP contribution in [0.2, 0.25) is 0 Å². The molecule has 0 spiro atoms. The molecule has 35 heavy (non-hydrogen) atoms. The van der Waals surface area contributed by atoms with Gasteiger partial charge in [0.2, 0.25) is 5.95 Å². The number of carbonyl (C=O) groups excluding carboxylic acids is 1. The Balaban J connectivity index is 1.39. The van der Waals surface area contributed by atoms with Gasteiger partial charge in [0.15, 0.2) is 5.82 Å². The number of nitrogens with one attached hydrogen (secondary N) is 2. The highest BCUT2D eigenvalue weighted by atomic mass is 19.1. The van der Waals surface area contributed by atoms with Crippen LogP contribution >= 0.6 is 0 Å². The molecule has 2 N–H and O–H groups in total. The van der Waals surface area contributed by atoms with E-state index in [1.54, 1.807) is 17.2 Å². The number of amides is 2. The number of halogens is 1. The molecule has 1 aliphatic rings. The van der Waals surface area contributed by atoms with Gasteiger partial charge in [-0.15, -0.1) is 0 Å². The van der Waals surface area contributed by atoms with Crippen molar-refractivity contribution in [2.45, 2.75) is 19.4 Å². The molecule has 2 amide bonds. The number of para-hydroxylation sites is 1. The molecular formula is C26H24FN7O. The second-order valence-electron chi connectivity index (χ2n) is 8.16. The van der Waals surface area contributed by atoms with Crippen LogP contribution in [0.3, 0.4) is 0 Å². The van der Waals surface area contributed by atoms with Gasteiger partial charge in [0.1, 0.15) is 5.82 Å². The fourth-order valence-electron chi connectivity index (χ4n) is 3.95. The molecular weight excluding hydrogens is 445 g/mol. The van der Waals surface area contributed by atoms with Crippen LogP contribution < -0.4 is 10.6 Å². The first-order chi connectivity index (χ1) is 17.2. The van der Waals surface area contributed by atoms with Crippen molar-refractivity contribution in [3.05, 3.63) is 96.0 Å². The van der Waals surface area contributed by atoms with Gasteiger partial charge in [-0.1, -0.05) is 24.3 Å². The van der Waals surface area contributed by atoms with E-state index in [4.69, 9.17) is 9.97 Å². The van der Waals surface area contributed by atoms with Gasteiger partial charge in [0.05, 0.1) is 12.2 Å². The number of hydrogen-bond donors (Lipinski definition) is 2. The van der Waals surface area contributed by atoms with Gasteiger partial charge in [0.25, 0.3) is 0 Å². The Morgan fingerprint density at radius 3 is 2.63 bits per heavy atom. The van der Waals surface area contributed by atoms with Gasteiger partial charge < -0.3 is 15.5 Å². The predicted octanol–water partition coefficient (Wildman–Crippen LogP) is 4.32. The molecule has 1 aliphatic heterocycles. The third-order valence-electron chi connectivity index (χ3n) is 5.76. The number of benzene rings is 1. The lowest BCUT2D eigenvalue weighted by molar-refractivity contribution is 0.206. The normalized spacial score (nSPS) is 12.7. The van der Waals surface area contributed by atoms with Crippen LogP contribution in [0.1, 0.15) is 17.0 Å². The number of pyridine rings is 2. The Kier molecular flexibility index (Phi) is 6.56. The SMILES string of the molecule is O=C(Nc1ccccc1)N1CCc2nc(-c3ccc(F)nc3)nc(NCCc3ccccn3)c2C1. The summed E-state index contributed by atoms with van der Waals surface area (Å²) in [7, 11) is 0. The van der Waals surface area contributed by atoms with Crippen LogP contribution in [0.25, 0.3) is 11.4 Å². The quantitative estimate of drug-likeness (QED) is 0.409. The molecule has 0 unspecified atom stereocenters. The molecule has 3 aromatic heterocycles. The molecule has 0 atom stereocenters. The molecule has 0 radical (unpaired) electrons. The predicted molar refractivity (Wildman–Crippen MR) is 131 cm³/mol. The average molecular weight is 470 g/mol. The molecule has 4 heterocycles. The third kappa shape index (κ3) is 5.40. The molecule has 8 nitrogen and oxygen atoms in total. The van der Waals surface area contributed by atoms with E-state index in [-0.39, 0.29) is 6.03 Å². The summed E-state index contributed by atoms with van der Waals surface area (Å²) in [4.78, 5) is 32.2. The van der Waals surface area contributed by atoms with Gasteiger partial charge in [-0.3, -0.25) is 4.98 Å². The number of aromatic nitrogens is 4. The first-order valence-corrected chi connectivity index (χ1v) is 11.4. The third-order valence-corrected chi connectivity index (χ3v) is 5.76. The lowest BCUT2D eigenvalue weighted by atomic mass is 10.1. The van der Waals surface area contributed by atoms with Gasteiger partial charge >= 0.3 is 6.03 Å². The smallest absolute Gasteiger partial charge is 0.322 e. The number of anilines is 2. The van der Waals surface area contributed by atoms with E-state index in [1.807, 2.05) is 48.5 Å². The lowest BCUT2D eigenvalue weighted by Gasteiger charge is -2.30. The van der Waals surface area contributed by atoms with E-state index in [2.05, 4.69) is 20.6 Å². The molecule has 9 heteroatoms. The summed E-state index contributed by atoms with van der Waals surface area (Å²) in [5.74, 6) is 0.571. The topological polar surface area (TPSA) is 95.9 Å². The van der Waals surface area contributed by atoms with Crippen molar-refractivity contribution in [3.63, 3.8) is 0 Å². The Morgan fingerprint density at radius 2 is 1.86 bits per heavy atom. The van der Waals surface area contributed by atoms with Gasteiger partial charge in [0, 0.05) is 60.8 Å². The van der Waals surface area contributed by atoms with Crippen molar-refractivity contribution >= 4 is 17.5 Å². The Hall–Kier alpha value is -4.40. The van der Waals surface area contributed by atoms with Crippen molar-refractivity contribution in [3.8, 4) is 11.4 Å². The molecule has 0 bridgehead atoms. The van der Waals surface area contributed by atoms with Gasteiger partial charge in [-0.2, -0.15) is 4.39 Å². The molecule has 0 saturated heterocycles. The van der Waals surface area contributed by atoms with E-state index >= 15 is 0 Å². The summed E-state index contributed by atoms with van der Waals surface area (Å²) in [5.41, 5.74) is 4.08. The minimum absolute atomic E-state index is 0.173. The van der Waals surface area contributed by atoms with Gasteiger partial charge in [-0.25, -0.2) is 19.7 Å². The van der Waals surface area contributed by atoms with Crippen LogP contribution in [-0.4, -0.2) is 44.0 Å². The molecule has 0 saturated carbocycles. The number of urea groups is 1. The fourth-order valence-corrected chi connectivity index (χ4v) is 3.95. The van der Waals surface area contributed by atoms with E-state index in [9.17, 15) is 9.18 Å². The first-order valence-electron chi connectivity index (χ1n) is 11.4. The largest absolute Gasteiger partial charge is 0.369 e. The highest BCUT2D eigenvalue weighted by Gasteiger charge is 2.26. The number of rotatable bonds is 6. The maximum Gasteiger partial charge on any atom is 0.322 e. The Labute approximate surface area is 202 Å². The second kappa shape index (κ2) is 10.3. The van der Waals surface area contributed by atoms with Crippen molar-refractivity contribution < 1.29 is 9.18 Å². The van der Waals surface area contributed by atoms with Crippen LogP contribution in [0.4, 0.5) is 20.7 Å². The summed E-state index contributed by atoms with van der Waals surface area (Å²) in [6.07, 6.45) is 4.49. The van der Waals surface area contributed by atoms with Crippen LogP contribution in [0, 0.1) is 5.95 Å². The number of nitrogens with zero attached hydrogens (tertiary/aromatic N) is 5. The molecule has 5 rings (SSSR count). The molecule has 4 aromatic rings. The maximum atomic E-state index is 13.3. The zero-order chi connectivity index (χ0) is 24.0. The number of fused-ring (bicyclic) bond motifs is 1. The minimum atomic E-state index is -0.555. The number of carbonyl (C=O) groups is 1. The van der Waals surface area contributed by atoms with Crippen LogP contribution in [0.5, 0.6) is 0 Å². The van der Waals surface area contributed by atoms with E-state index in [0.717, 1.165) is 22.6 Å². The summed E-state index contributed by atoms with van der Waals surface area (Å²) in [6, 6.07) is 17.9. The standard InChI is InChI=1S/C26H24FN7O/c27-23-10-9-18(16-30-23)24-32-22-12-15-34(26(35)31-20-7-2-1-3-8-20)17-21(22)25(33-24)29-14-11-19-6-4-5-13-28-19/h1-10,13,16H,11-12,14-15,17H2,(H,31,35)(H,29,32,33). The molecule has 176 valence electrons. The zero-order valence-electron chi connectivity index (χ0n) is 19.0. The highest BCUT2D eigenvalue weighted by Crippen LogP contribution is 2.27. The minimum Gasteiger partial charge on any atom is -0.369 e. The summed E-state index contributed by atoms with van der Waals surface area (Å²) < 4.78 is 13.3. The number of hydrogen-bond acceptors (Lipinski definition) is 6.